The molecular formula is C22H27N3O6S. The Labute approximate surface area is 187 Å². The second-order valence-corrected chi connectivity index (χ2v) is 8.41. The number of carbonyl (C=O) groups excluding carboxylic acids is 2. The van der Waals surface area contributed by atoms with Crippen molar-refractivity contribution >= 4 is 21.8 Å². The number of hydrazine groups is 1. The third-order valence-electron chi connectivity index (χ3n) is 4.32. The van der Waals surface area contributed by atoms with Gasteiger partial charge in [-0.3, -0.25) is 20.4 Å². The molecule has 32 heavy (non-hydrogen) atoms. The van der Waals surface area contributed by atoms with Gasteiger partial charge in [0.15, 0.2) is 11.5 Å². The Morgan fingerprint density at radius 1 is 1.00 bits per heavy atom. The van der Waals surface area contributed by atoms with Crippen molar-refractivity contribution in [3.8, 4) is 11.5 Å². The van der Waals surface area contributed by atoms with Gasteiger partial charge in [0.05, 0.1) is 18.6 Å². The maximum absolute atomic E-state index is 12.4. The molecule has 0 radical (unpaired) electrons. The van der Waals surface area contributed by atoms with E-state index >= 15 is 0 Å². The van der Waals surface area contributed by atoms with E-state index in [2.05, 4.69) is 29.1 Å². The standard InChI is InChI=1S/C22H27N3O6S/c1-4-6-14-31-19-12-9-17(15-20(19)30-3)22(27)25-24-21(26)16-7-10-18(11-8-16)32(28,29)23-13-5-2/h5,7-12,15,23H,2,4,6,13-14H2,1,3H3,(H,24,26)(H,25,27). The highest BCUT2D eigenvalue weighted by atomic mass is 32.2. The number of hydrogen-bond acceptors (Lipinski definition) is 6. The lowest BCUT2D eigenvalue weighted by Crippen LogP contribution is -2.41. The Balaban J connectivity index is 1.99. The van der Waals surface area contributed by atoms with Crippen LogP contribution in [0.5, 0.6) is 11.5 Å². The van der Waals surface area contributed by atoms with Crippen LogP contribution < -0.4 is 25.0 Å². The molecule has 0 bridgehead atoms. The predicted octanol–water partition coefficient (Wildman–Crippen LogP) is 2.41. The fourth-order valence-electron chi connectivity index (χ4n) is 2.55. The van der Waals surface area contributed by atoms with E-state index in [1.54, 1.807) is 12.1 Å². The molecular weight excluding hydrogens is 434 g/mol. The number of unbranched alkanes of at least 4 members (excludes halogenated alkanes) is 1. The van der Waals surface area contributed by atoms with Crippen LogP contribution in [0.4, 0.5) is 0 Å². The molecule has 0 saturated carbocycles. The summed E-state index contributed by atoms with van der Waals surface area (Å²) in [4.78, 5) is 24.7. The Bertz CT molecular complexity index is 1050. The second-order valence-electron chi connectivity index (χ2n) is 6.64. The van der Waals surface area contributed by atoms with E-state index in [1.165, 1.54) is 43.5 Å². The van der Waals surface area contributed by atoms with Gasteiger partial charge >= 0.3 is 0 Å². The molecule has 0 atom stereocenters. The van der Waals surface area contributed by atoms with Crippen LogP contribution in [-0.4, -0.2) is 40.5 Å². The maximum Gasteiger partial charge on any atom is 0.269 e. The van der Waals surface area contributed by atoms with Crippen molar-refractivity contribution in [1.82, 2.24) is 15.6 Å². The van der Waals surface area contributed by atoms with Crippen molar-refractivity contribution in [2.45, 2.75) is 24.7 Å². The van der Waals surface area contributed by atoms with E-state index in [1.807, 2.05) is 0 Å². The van der Waals surface area contributed by atoms with Crippen molar-refractivity contribution in [3.63, 3.8) is 0 Å². The third kappa shape index (κ3) is 6.82. The Kier molecular flexibility index (Phi) is 9.23. The molecule has 2 aromatic rings. The topological polar surface area (TPSA) is 123 Å². The zero-order chi connectivity index (χ0) is 23.6. The lowest BCUT2D eigenvalue weighted by Gasteiger charge is -2.12. The van der Waals surface area contributed by atoms with Gasteiger partial charge in [0.25, 0.3) is 11.8 Å². The molecule has 0 aliphatic rings. The summed E-state index contributed by atoms with van der Waals surface area (Å²) in [6.45, 7) is 6.14. The molecule has 0 unspecified atom stereocenters. The molecule has 0 saturated heterocycles. The summed E-state index contributed by atoms with van der Waals surface area (Å²) in [6.07, 6.45) is 3.31. The number of ether oxygens (including phenoxy) is 2. The fourth-order valence-corrected chi connectivity index (χ4v) is 3.55. The minimum absolute atomic E-state index is 0.00766. The summed E-state index contributed by atoms with van der Waals surface area (Å²) in [5.41, 5.74) is 5.05. The highest BCUT2D eigenvalue weighted by Gasteiger charge is 2.15. The molecule has 9 nitrogen and oxygen atoms in total. The number of benzene rings is 2. The van der Waals surface area contributed by atoms with Crippen LogP contribution in [0.1, 0.15) is 40.5 Å². The minimum Gasteiger partial charge on any atom is -0.493 e. The molecule has 0 aliphatic heterocycles. The molecule has 172 valence electrons. The Morgan fingerprint density at radius 2 is 1.62 bits per heavy atom. The van der Waals surface area contributed by atoms with E-state index in [9.17, 15) is 18.0 Å². The van der Waals surface area contributed by atoms with Gasteiger partial charge in [-0.1, -0.05) is 19.4 Å². The second kappa shape index (κ2) is 11.9. The Morgan fingerprint density at radius 3 is 2.22 bits per heavy atom. The zero-order valence-electron chi connectivity index (χ0n) is 18.0. The first kappa shape index (κ1) is 24.9. The average Bonchev–Trinajstić information content (AvgIpc) is 2.81. The summed E-state index contributed by atoms with van der Waals surface area (Å²) >= 11 is 0. The van der Waals surface area contributed by atoms with Gasteiger partial charge in [-0.15, -0.1) is 6.58 Å². The van der Waals surface area contributed by atoms with E-state index in [4.69, 9.17) is 9.47 Å². The predicted molar refractivity (Wildman–Crippen MR) is 120 cm³/mol. The number of nitrogens with one attached hydrogen (secondary N) is 3. The van der Waals surface area contributed by atoms with Crippen molar-refractivity contribution in [1.29, 1.82) is 0 Å². The number of amides is 2. The lowest BCUT2D eigenvalue weighted by molar-refractivity contribution is 0.0846. The monoisotopic (exact) mass is 461 g/mol. The van der Waals surface area contributed by atoms with E-state index in [0.717, 1.165) is 12.8 Å². The van der Waals surface area contributed by atoms with Crippen LogP contribution in [0.3, 0.4) is 0 Å². The van der Waals surface area contributed by atoms with Crippen LogP contribution in [0.2, 0.25) is 0 Å². The lowest BCUT2D eigenvalue weighted by atomic mass is 10.2. The summed E-state index contributed by atoms with van der Waals surface area (Å²) in [5, 5.41) is 0. The molecule has 0 spiro atoms. The summed E-state index contributed by atoms with van der Waals surface area (Å²) in [6, 6.07) is 9.98. The number of methoxy groups -OCH3 is 1. The fraction of sp³-hybridized carbons (Fsp3) is 0.273. The van der Waals surface area contributed by atoms with Crippen LogP contribution in [0.15, 0.2) is 60.0 Å². The van der Waals surface area contributed by atoms with Crippen LogP contribution in [0.25, 0.3) is 0 Å². The molecule has 0 heterocycles. The van der Waals surface area contributed by atoms with Gasteiger partial charge in [-0.2, -0.15) is 0 Å². The van der Waals surface area contributed by atoms with Gasteiger partial charge in [-0.05, 0) is 48.9 Å². The van der Waals surface area contributed by atoms with Crippen molar-refractivity contribution < 1.29 is 27.5 Å². The molecule has 0 aromatic heterocycles. The van der Waals surface area contributed by atoms with Crippen molar-refractivity contribution in [2.24, 2.45) is 0 Å². The summed E-state index contributed by atoms with van der Waals surface area (Å²) in [7, 11) is -2.21. The van der Waals surface area contributed by atoms with E-state index in [0.29, 0.717) is 18.1 Å². The normalized spacial score (nSPS) is 10.8. The molecule has 2 amide bonds. The van der Waals surface area contributed by atoms with E-state index in [-0.39, 0.29) is 22.6 Å². The molecule has 2 aromatic carbocycles. The largest absolute Gasteiger partial charge is 0.493 e. The molecule has 10 heteroatoms. The highest BCUT2D eigenvalue weighted by Crippen LogP contribution is 2.28. The van der Waals surface area contributed by atoms with E-state index < -0.39 is 21.8 Å². The van der Waals surface area contributed by atoms with Crippen LogP contribution in [-0.2, 0) is 10.0 Å². The Hall–Kier alpha value is -3.37. The van der Waals surface area contributed by atoms with Gasteiger partial charge in [-0.25, -0.2) is 13.1 Å². The molecule has 0 aliphatic carbocycles. The minimum atomic E-state index is -3.69. The number of hydrogen-bond donors (Lipinski definition) is 3. The van der Waals surface area contributed by atoms with Gasteiger partial charge < -0.3 is 9.47 Å². The first-order chi connectivity index (χ1) is 15.3. The van der Waals surface area contributed by atoms with Crippen molar-refractivity contribution in [3.05, 3.63) is 66.2 Å². The average molecular weight is 462 g/mol. The SMILES string of the molecule is C=CCNS(=O)(=O)c1ccc(C(=O)NNC(=O)c2ccc(OCCCC)c(OC)c2)cc1. The number of carbonyl (C=O) groups is 2. The summed E-state index contributed by atoms with van der Waals surface area (Å²) in [5.74, 6) is -0.224. The smallest absolute Gasteiger partial charge is 0.269 e. The zero-order valence-corrected chi connectivity index (χ0v) is 18.8. The summed E-state index contributed by atoms with van der Waals surface area (Å²) < 4.78 is 37.4. The highest BCUT2D eigenvalue weighted by molar-refractivity contribution is 7.89. The molecule has 3 N–H and O–H groups in total. The van der Waals surface area contributed by atoms with Gasteiger partial charge in [0.2, 0.25) is 10.0 Å². The number of sulfonamides is 1. The third-order valence-corrected chi connectivity index (χ3v) is 5.75. The first-order valence-corrected chi connectivity index (χ1v) is 11.4. The maximum atomic E-state index is 12.4. The van der Waals surface area contributed by atoms with Crippen LogP contribution in [0, 0.1) is 0 Å². The van der Waals surface area contributed by atoms with Crippen molar-refractivity contribution in [2.75, 3.05) is 20.3 Å². The van der Waals surface area contributed by atoms with Crippen LogP contribution >= 0.6 is 0 Å². The first-order valence-electron chi connectivity index (χ1n) is 9.94. The molecule has 2 rings (SSSR count). The van der Waals surface area contributed by atoms with Gasteiger partial charge in [0, 0.05) is 17.7 Å². The molecule has 0 fully saturated rings. The quantitative estimate of drug-likeness (QED) is 0.268. The number of rotatable bonds is 11. The van der Waals surface area contributed by atoms with Gasteiger partial charge in [0.1, 0.15) is 0 Å².